The molecule has 2 nitrogen and oxygen atoms in total. The molecule has 0 aromatic heterocycles. The van der Waals surface area contributed by atoms with E-state index < -0.39 is 0 Å². The lowest BCUT2D eigenvalue weighted by Gasteiger charge is -2.36. The Kier molecular flexibility index (Phi) is 5.70. The van der Waals surface area contributed by atoms with Crippen molar-refractivity contribution in [3.63, 3.8) is 0 Å². The molecule has 1 aliphatic heterocycles. The van der Waals surface area contributed by atoms with Crippen LogP contribution in [0.2, 0.25) is 5.02 Å². The number of benzene rings is 1. The van der Waals surface area contributed by atoms with E-state index >= 15 is 0 Å². The molecule has 5 heteroatoms. The SMILES string of the molecule is CCC1SCCSC1C(NN)c1ccccc1Cl. The summed E-state index contributed by atoms with van der Waals surface area (Å²) in [7, 11) is 0. The van der Waals surface area contributed by atoms with Crippen molar-refractivity contribution in [3.8, 4) is 0 Å². The summed E-state index contributed by atoms with van der Waals surface area (Å²) < 4.78 is 0. The topological polar surface area (TPSA) is 38.0 Å². The van der Waals surface area contributed by atoms with Crippen LogP contribution in [0.15, 0.2) is 24.3 Å². The number of rotatable bonds is 4. The highest BCUT2D eigenvalue weighted by Gasteiger charge is 2.33. The number of hydrazine groups is 1. The highest BCUT2D eigenvalue weighted by Crippen LogP contribution is 2.41. The van der Waals surface area contributed by atoms with Gasteiger partial charge in [0.25, 0.3) is 0 Å². The fourth-order valence-electron chi connectivity index (χ4n) is 2.34. The first-order valence-electron chi connectivity index (χ1n) is 6.21. The van der Waals surface area contributed by atoms with Crippen LogP contribution in [0.5, 0.6) is 0 Å². The van der Waals surface area contributed by atoms with E-state index in [4.69, 9.17) is 17.4 Å². The van der Waals surface area contributed by atoms with Gasteiger partial charge in [-0.15, -0.1) is 0 Å². The van der Waals surface area contributed by atoms with E-state index in [0.29, 0.717) is 10.5 Å². The summed E-state index contributed by atoms with van der Waals surface area (Å²) in [5, 5.41) is 1.92. The minimum absolute atomic E-state index is 0.126. The predicted molar refractivity (Wildman–Crippen MR) is 84.3 cm³/mol. The van der Waals surface area contributed by atoms with E-state index in [9.17, 15) is 0 Å². The van der Waals surface area contributed by atoms with E-state index in [2.05, 4.69) is 30.2 Å². The third-order valence-electron chi connectivity index (χ3n) is 3.24. The second-order valence-corrected chi connectivity index (χ2v) is 7.36. The Labute approximate surface area is 122 Å². The fraction of sp³-hybridized carbons (Fsp3) is 0.538. The number of nitrogens with two attached hydrogens (primary N) is 1. The standard InChI is InChI=1S/C13H19ClN2S2/c1-2-11-13(18-8-7-17-11)12(16-15)9-5-3-4-6-10(9)14/h3-6,11-13,16H,2,7-8,15H2,1H3. The van der Waals surface area contributed by atoms with E-state index in [1.807, 2.05) is 30.0 Å². The van der Waals surface area contributed by atoms with Crippen LogP contribution in [0, 0.1) is 0 Å². The van der Waals surface area contributed by atoms with Crippen LogP contribution in [0.1, 0.15) is 24.9 Å². The zero-order valence-corrected chi connectivity index (χ0v) is 12.8. The normalized spacial score (nSPS) is 25.9. The van der Waals surface area contributed by atoms with Gasteiger partial charge in [0.2, 0.25) is 0 Å². The van der Waals surface area contributed by atoms with Crippen molar-refractivity contribution in [3.05, 3.63) is 34.9 Å². The zero-order valence-electron chi connectivity index (χ0n) is 10.4. The van der Waals surface area contributed by atoms with Gasteiger partial charge in [0.15, 0.2) is 0 Å². The van der Waals surface area contributed by atoms with E-state index in [1.165, 1.54) is 17.9 Å². The van der Waals surface area contributed by atoms with Gasteiger partial charge in [-0.2, -0.15) is 23.5 Å². The molecule has 3 N–H and O–H groups in total. The van der Waals surface area contributed by atoms with Crippen LogP contribution in [0.25, 0.3) is 0 Å². The largest absolute Gasteiger partial charge is 0.271 e. The molecule has 0 bridgehead atoms. The molecule has 18 heavy (non-hydrogen) atoms. The summed E-state index contributed by atoms with van der Waals surface area (Å²) in [5.41, 5.74) is 4.09. The van der Waals surface area contributed by atoms with Gasteiger partial charge >= 0.3 is 0 Å². The predicted octanol–water partition coefficient (Wildman–Crippen LogP) is 3.47. The molecule has 0 radical (unpaired) electrons. The Balaban J connectivity index is 2.24. The molecule has 100 valence electrons. The summed E-state index contributed by atoms with van der Waals surface area (Å²) >= 11 is 10.4. The fourth-order valence-corrected chi connectivity index (χ4v) is 5.81. The number of nitrogens with one attached hydrogen (secondary N) is 1. The van der Waals surface area contributed by atoms with Gasteiger partial charge in [0.1, 0.15) is 0 Å². The zero-order chi connectivity index (χ0) is 13.0. The average Bonchev–Trinajstić information content (AvgIpc) is 2.42. The molecule has 1 aromatic rings. The highest BCUT2D eigenvalue weighted by atomic mass is 35.5. The van der Waals surface area contributed by atoms with Gasteiger partial charge in [0, 0.05) is 27.0 Å². The molecule has 1 saturated heterocycles. The van der Waals surface area contributed by atoms with E-state index in [-0.39, 0.29) is 6.04 Å². The summed E-state index contributed by atoms with van der Waals surface area (Å²) in [5.74, 6) is 8.21. The van der Waals surface area contributed by atoms with Crippen molar-refractivity contribution < 1.29 is 0 Å². The van der Waals surface area contributed by atoms with Gasteiger partial charge < -0.3 is 0 Å². The van der Waals surface area contributed by atoms with Crippen molar-refractivity contribution in [2.24, 2.45) is 5.84 Å². The molecule has 3 unspecified atom stereocenters. The van der Waals surface area contributed by atoms with Crippen molar-refractivity contribution in [1.29, 1.82) is 0 Å². The Hall–Kier alpha value is 0.130. The average molecular weight is 303 g/mol. The van der Waals surface area contributed by atoms with Crippen LogP contribution in [0.4, 0.5) is 0 Å². The van der Waals surface area contributed by atoms with Crippen molar-refractivity contribution in [2.45, 2.75) is 29.9 Å². The minimum Gasteiger partial charge on any atom is -0.271 e. The molecule has 0 amide bonds. The maximum Gasteiger partial charge on any atom is 0.0604 e. The molecule has 3 atom stereocenters. The lowest BCUT2D eigenvalue weighted by atomic mass is 10.0. The number of hydrogen-bond donors (Lipinski definition) is 2. The Bertz CT molecular complexity index is 389. The first-order valence-corrected chi connectivity index (χ1v) is 8.69. The molecular weight excluding hydrogens is 284 g/mol. The third-order valence-corrected chi connectivity index (χ3v) is 6.94. The van der Waals surface area contributed by atoms with Gasteiger partial charge in [-0.25, -0.2) is 0 Å². The van der Waals surface area contributed by atoms with Gasteiger partial charge in [-0.05, 0) is 18.1 Å². The van der Waals surface area contributed by atoms with Crippen molar-refractivity contribution >= 4 is 35.1 Å². The van der Waals surface area contributed by atoms with Crippen LogP contribution < -0.4 is 11.3 Å². The second-order valence-electron chi connectivity index (χ2n) is 4.32. The Morgan fingerprint density at radius 1 is 1.39 bits per heavy atom. The van der Waals surface area contributed by atoms with Crippen LogP contribution in [-0.2, 0) is 0 Å². The molecule has 1 heterocycles. The second kappa shape index (κ2) is 7.06. The van der Waals surface area contributed by atoms with Gasteiger partial charge in [-0.3, -0.25) is 11.3 Å². The number of hydrogen-bond acceptors (Lipinski definition) is 4. The summed E-state index contributed by atoms with van der Waals surface area (Å²) in [4.78, 5) is 0. The lowest BCUT2D eigenvalue weighted by Crippen LogP contribution is -2.41. The summed E-state index contributed by atoms with van der Waals surface area (Å²) in [6, 6.07) is 8.11. The molecule has 1 aromatic carbocycles. The van der Waals surface area contributed by atoms with Crippen LogP contribution in [0.3, 0.4) is 0 Å². The molecule has 1 fully saturated rings. The first kappa shape index (κ1) is 14.5. The summed E-state index contributed by atoms with van der Waals surface area (Å²) in [6.45, 7) is 2.25. The molecule has 0 aliphatic carbocycles. The maximum atomic E-state index is 6.30. The van der Waals surface area contributed by atoms with Crippen molar-refractivity contribution in [1.82, 2.24) is 5.43 Å². The third kappa shape index (κ3) is 3.17. The van der Waals surface area contributed by atoms with E-state index in [1.54, 1.807) is 0 Å². The lowest BCUT2D eigenvalue weighted by molar-refractivity contribution is 0.514. The molecule has 0 spiro atoms. The quantitative estimate of drug-likeness (QED) is 0.660. The number of thioether (sulfide) groups is 2. The van der Waals surface area contributed by atoms with Crippen LogP contribution >= 0.6 is 35.1 Å². The molecular formula is C13H19ClN2S2. The maximum absolute atomic E-state index is 6.30. The Morgan fingerprint density at radius 2 is 2.11 bits per heavy atom. The highest BCUT2D eigenvalue weighted by molar-refractivity contribution is 8.07. The summed E-state index contributed by atoms with van der Waals surface area (Å²) in [6.07, 6.45) is 1.17. The first-order chi connectivity index (χ1) is 8.77. The van der Waals surface area contributed by atoms with Gasteiger partial charge in [0.05, 0.1) is 6.04 Å². The Morgan fingerprint density at radius 3 is 2.78 bits per heavy atom. The molecule has 1 aliphatic rings. The number of halogens is 1. The van der Waals surface area contributed by atoms with Gasteiger partial charge in [-0.1, -0.05) is 36.7 Å². The minimum atomic E-state index is 0.126. The smallest absolute Gasteiger partial charge is 0.0604 e. The molecule has 2 rings (SSSR count). The van der Waals surface area contributed by atoms with E-state index in [0.717, 1.165) is 10.6 Å². The van der Waals surface area contributed by atoms with Crippen LogP contribution in [-0.4, -0.2) is 22.0 Å². The monoisotopic (exact) mass is 302 g/mol. The molecule has 0 saturated carbocycles. The van der Waals surface area contributed by atoms with Crippen molar-refractivity contribution in [2.75, 3.05) is 11.5 Å².